The maximum absolute atomic E-state index is 12.3. The van der Waals surface area contributed by atoms with Crippen LogP contribution in [0, 0.1) is 12.8 Å². The van der Waals surface area contributed by atoms with Gasteiger partial charge in [-0.2, -0.15) is 0 Å². The predicted molar refractivity (Wildman–Crippen MR) is 94.4 cm³/mol. The molecule has 1 heterocycles. The highest BCUT2D eigenvalue weighted by Crippen LogP contribution is 2.14. The Hall–Kier alpha value is -1.47. The molecule has 0 aliphatic heterocycles. The van der Waals surface area contributed by atoms with Crippen LogP contribution >= 0.6 is 11.3 Å². The van der Waals surface area contributed by atoms with E-state index in [9.17, 15) is 9.59 Å². The van der Waals surface area contributed by atoms with E-state index >= 15 is 0 Å². The predicted octanol–water partition coefficient (Wildman–Crippen LogP) is 2.39. The van der Waals surface area contributed by atoms with E-state index in [0.29, 0.717) is 30.6 Å². The van der Waals surface area contributed by atoms with Crippen LogP contribution < -0.4 is 11.1 Å². The number of carbonyl (C=O) groups is 2. The second-order valence-electron chi connectivity index (χ2n) is 6.11. The quantitative estimate of drug-likeness (QED) is 0.640. The molecule has 0 radical (unpaired) electrons. The number of aryl methyl sites for hydroxylation is 1. The molecule has 7 heteroatoms. The molecule has 130 valence electrons. The fourth-order valence-corrected chi connectivity index (χ4v) is 2.90. The molecular formula is C16H28N4O2S. The highest BCUT2D eigenvalue weighted by Gasteiger charge is 2.18. The summed E-state index contributed by atoms with van der Waals surface area (Å²) in [4.78, 5) is 30.3. The molecule has 3 N–H and O–H groups in total. The fraction of sp³-hybridized carbons (Fsp3) is 0.688. The van der Waals surface area contributed by atoms with E-state index in [-0.39, 0.29) is 18.4 Å². The van der Waals surface area contributed by atoms with Crippen molar-refractivity contribution in [1.82, 2.24) is 9.88 Å². The maximum Gasteiger partial charge on any atom is 0.245 e. The van der Waals surface area contributed by atoms with Crippen LogP contribution in [-0.2, 0) is 9.59 Å². The smallest absolute Gasteiger partial charge is 0.245 e. The molecule has 0 aromatic carbocycles. The first-order valence-electron chi connectivity index (χ1n) is 8.12. The van der Waals surface area contributed by atoms with Gasteiger partial charge in [-0.15, -0.1) is 11.3 Å². The molecule has 0 saturated carbocycles. The summed E-state index contributed by atoms with van der Waals surface area (Å²) in [5.41, 5.74) is 6.33. The van der Waals surface area contributed by atoms with E-state index in [4.69, 9.17) is 5.73 Å². The van der Waals surface area contributed by atoms with Crippen molar-refractivity contribution in [3.8, 4) is 0 Å². The average molecular weight is 340 g/mol. The van der Waals surface area contributed by atoms with Gasteiger partial charge in [0.05, 0.1) is 12.2 Å². The van der Waals surface area contributed by atoms with Crippen LogP contribution in [0.15, 0.2) is 5.38 Å². The molecule has 23 heavy (non-hydrogen) atoms. The van der Waals surface area contributed by atoms with E-state index in [1.54, 1.807) is 4.90 Å². The summed E-state index contributed by atoms with van der Waals surface area (Å²) >= 11 is 1.39. The topological polar surface area (TPSA) is 88.3 Å². The van der Waals surface area contributed by atoms with Crippen molar-refractivity contribution in [3.63, 3.8) is 0 Å². The van der Waals surface area contributed by atoms with Crippen molar-refractivity contribution in [2.75, 3.05) is 25.0 Å². The fourth-order valence-electron chi connectivity index (χ4n) is 2.19. The van der Waals surface area contributed by atoms with Crippen molar-refractivity contribution in [2.45, 2.75) is 46.5 Å². The Morgan fingerprint density at radius 1 is 1.35 bits per heavy atom. The Labute approximate surface area is 142 Å². The number of amides is 2. The van der Waals surface area contributed by atoms with Gasteiger partial charge in [0.2, 0.25) is 11.8 Å². The van der Waals surface area contributed by atoms with Gasteiger partial charge in [0.1, 0.15) is 0 Å². The van der Waals surface area contributed by atoms with Gasteiger partial charge in [0.15, 0.2) is 5.13 Å². The Morgan fingerprint density at radius 2 is 2.09 bits per heavy atom. The number of unbranched alkanes of at least 4 members (excludes halogenated alkanes) is 2. The number of hydrogen-bond donors (Lipinski definition) is 2. The van der Waals surface area contributed by atoms with Crippen LogP contribution in [0.3, 0.4) is 0 Å². The number of nitrogens with one attached hydrogen (secondary N) is 1. The molecule has 0 aliphatic carbocycles. The molecule has 1 rings (SSSR count). The molecule has 1 aromatic heterocycles. The Morgan fingerprint density at radius 3 is 2.65 bits per heavy atom. The molecule has 6 nitrogen and oxygen atoms in total. The molecule has 2 amide bonds. The number of thiazole rings is 1. The van der Waals surface area contributed by atoms with Gasteiger partial charge in [0, 0.05) is 18.3 Å². The first-order chi connectivity index (χ1) is 10.9. The van der Waals surface area contributed by atoms with Gasteiger partial charge < -0.3 is 16.0 Å². The Balaban J connectivity index is 2.51. The van der Waals surface area contributed by atoms with Crippen molar-refractivity contribution < 1.29 is 9.59 Å². The zero-order chi connectivity index (χ0) is 17.2. The summed E-state index contributed by atoms with van der Waals surface area (Å²) < 4.78 is 0. The molecular weight excluding hydrogens is 312 g/mol. The highest BCUT2D eigenvalue weighted by molar-refractivity contribution is 7.13. The van der Waals surface area contributed by atoms with Crippen LogP contribution in [0.2, 0.25) is 0 Å². The molecule has 1 aromatic rings. The van der Waals surface area contributed by atoms with Gasteiger partial charge in [-0.1, -0.05) is 20.3 Å². The third-order valence-electron chi connectivity index (χ3n) is 3.23. The number of rotatable bonds is 10. The minimum Gasteiger partial charge on any atom is -0.333 e. The lowest BCUT2D eigenvalue weighted by Gasteiger charge is -2.24. The normalized spacial score (nSPS) is 10.8. The zero-order valence-corrected chi connectivity index (χ0v) is 15.1. The highest BCUT2D eigenvalue weighted by atomic mass is 32.1. The zero-order valence-electron chi connectivity index (χ0n) is 14.3. The lowest BCUT2D eigenvalue weighted by atomic mass is 10.1. The third-order valence-corrected chi connectivity index (χ3v) is 4.11. The van der Waals surface area contributed by atoms with Crippen molar-refractivity contribution in [3.05, 3.63) is 11.1 Å². The summed E-state index contributed by atoms with van der Waals surface area (Å²) in [6.07, 6.45) is 3.16. The standard InChI is InChI=1S/C16H28N4O2S/c1-12(2)9-20(15(22)7-5-4-6-8-17)10-14(21)19-16-18-13(3)11-23-16/h11-12H,4-10,17H2,1-3H3,(H,18,19,21). The molecule has 0 bridgehead atoms. The molecule has 0 fully saturated rings. The Bertz CT molecular complexity index is 502. The molecule has 0 unspecified atom stereocenters. The van der Waals surface area contributed by atoms with Crippen molar-refractivity contribution >= 4 is 28.3 Å². The second-order valence-corrected chi connectivity index (χ2v) is 6.97. The lowest BCUT2D eigenvalue weighted by molar-refractivity contribution is -0.135. The minimum atomic E-state index is -0.199. The van der Waals surface area contributed by atoms with Crippen LogP contribution in [0.4, 0.5) is 5.13 Å². The van der Waals surface area contributed by atoms with E-state index in [2.05, 4.69) is 10.3 Å². The largest absolute Gasteiger partial charge is 0.333 e. The van der Waals surface area contributed by atoms with E-state index in [0.717, 1.165) is 25.0 Å². The molecule has 0 atom stereocenters. The molecule has 0 aliphatic rings. The minimum absolute atomic E-state index is 0.0289. The number of aromatic nitrogens is 1. The molecule has 0 spiro atoms. The van der Waals surface area contributed by atoms with Crippen LogP contribution in [-0.4, -0.2) is 41.3 Å². The van der Waals surface area contributed by atoms with Crippen molar-refractivity contribution in [2.24, 2.45) is 11.7 Å². The maximum atomic E-state index is 12.3. The van der Waals surface area contributed by atoms with E-state index in [1.807, 2.05) is 26.2 Å². The van der Waals surface area contributed by atoms with Gasteiger partial charge in [-0.25, -0.2) is 4.98 Å². The van der Waals surface area contributed by atoms with Crippen molar-refractivity contribution in [1.29, 1.82) is 0 Å². The number of nitrogens with two attached hydrogens (primary N) is 1. The summed E-state index contributed by atoms with van der Waals surface area (Å²) in [7, 11) is 0. The first kappa shape index (κ1) is 19.6. The SMILES string of the molecule is Cc1csc(NC(=O)CN(CC(C)C)C(=O)CCCCCN)n1. The van der Waals surface area contributed by atoms with Gasteiger partial charge in [-0.3, -0.25) is 9.59 Å². The first-order valence-corrected chi connectivity index (χ1v) is 9.00. The summed E-state index contributed by atoms with van der Waals surface area (Å²) in [6, 6.07) is 0. The lowest BCUT2D eigenvalue weighted by Crippen LogP contribution is -2.40. The second kappa shape index (κ2) is 10.3. The summed E-state index contributed by atoms with van der Waals surface area (Å²) in [6.45, 7) is 7.27. The number of nitrogens with zero attached hydrogens (tertiary/aromatic N) is 2. The average Bonchev–Trinajstić information content (AvgIpc) is 2.87. The van der Waals surface area contributed by atoms with E-state index < -0.39 is 0 Å². The monoisotopic (exact) mass is 340 g/mol. The third kappa shape index (κ3) is 8.08. The van der Waals surface area contributed by atoms with Gasteiger partial charge >= 0.3 is 0 Å². The summed E-state index contributed by atoms with van der Waals surface area (Å²) in [5.74, 6) is 0.148. The van der Waals surface area contributed by atoms with Gasteiger partial charge in [-0.05, 0) is 32.2 Å². The summed E-state index contributed by atoms with van der Waals surface area (Å²) in [5, 5.41) is 5.21. The van der Waals surface area contributed by atoms with Crippen LogP contribution in [0.5, 0.6) is 0 Å². The van der Waals surface area contributed by atoms with Crippen LogP contribution in [0.1, 0.15) is 45.2 Å². The van der Waals surface area contributed by atoms with E-state index in [1.165, 1.54) is 11.3 Å². The number of hydrogen-bond acceptors (Lipinski definition) is 5. The van der Waals surface area contributed by atoms with Crippen LogP contribution in [0.25, 0.3) is 0 Å². The number of anilines is 1. The molecule has 0 saturated heterocycles. The number of carbonyl (C=O) groups excluding carboxylic acids is 2. The van der Waals surface area contributed by atoms with Gasteiger partial charge in [0.25, 0.3) is 0 Å². The Kier molecular flexibility index (Phi) is 8.79.